The Bertz CT molecular complexity index is 1340. The molecule has 4 aliphatic rings. The van der Waals surface area contributed by atoms with E-state index in [-0.39, 0.29) is 36.3 Å². The molecule has 1 N–H and O–H groups in total. The van der Waals surface area contributed by atoms with Gasteiger partial charge in [0.15, 0.2) is 17.1 Å². The Morgan fingerprint density at radius 1 is 1.25 bits per heavy atom. The first kappa shape index (κ1) is 28.8. The van der Waals surface area contributed by atoms with Crippen molar-refractivity contribution in [2.24, 2.45) is 28.6 Å². The highest BCUT2D eigenvalue weighted by molar-refractivity contribution is 8.14. The van der Waals surface area contributed by atoms with Gasteiger partial charge in [0.25, 0.3) is 0 Å². The van der Waals surface area contributed by atoms with Crippen LogP contribution in [0.25, 0.3) is 0 Å². The molecule has 214 valence electrons. The largest absolute Gasteiger partial charge is 0.457 e. The number of rotatable bonds is 4. The number of furan rings is 1. The van der Waals surface area contributed by atoms with E-state index >= 15 is 8.78 Å². The fraction of sp³-hybridized carbons (Fsp3) is 0.581. The lowest BCUT2D eigenvalue weighted by molar-refractivity contribution is -0.221. The minimum Gasteiger partial charge on any atom is -0.457 e. The van der Waals surface area contributed by atoms with Gasteiger partial charge in [-0.1, -0.05) is 44.5 Å². The Labute approximate surface area is 237 Å². The van der Waals surface area contributed by atoms with Crippen LogP contribution in [-0.4, -0.2) is 51.3 Å². The smallest absolute Gasteiger partial charge is 0.375 e. The number of aliphatic hydroxyl groups is 1. The van der Waals surface area contributed by atoms with Gasteiger partial charge in [0, 0.05) is 29.1 Å². The molecule has 1 aromatic heterocycles. The second kappa shape index (κ2) is 9.99. The molecule has 0 radical (unpaired) electrons. The lowest BCUT2D eigenvalue weighted by Gasteiger charge is -2.63. The molecule has 3 fully saturated rings. The van der Waals surface area contributed by atoms with Crippen molar-refractivity contribution in [1.29, 1.82) is 0 Å². The number of carbonyl (C=O) groups is 3. The Morgan fingerprint density at radius 3 is 2.67 bits per heavy atom. The van der Waals surface area contributed by atoms with Crippen molar-refractivity contribution >= 4 is 28.6 Å². The Balaban J connectivity index is 1.61. The number of aliphatic hydroxyl groups excluding tert-OH is 1. The highest BCUT2D eigenvalue weighted by Gasteiger charge is 2.78. The predicted molar refractivity (Wildman–Crippen MR) is 146 cm³/mol. The first-order valence-electron chi connectivity index (χ1n) is 13.7. The van der Waals surface area contributed by atoms with E-state index in [1.54, 1.807) is 13.8 Å². The van der Waals surface area contributed by atoms with Gasteiger partial charge in [-0.25, -0.2) is 13.6 Å². The molecule has 0 bridgehead atoms. The molecule has 1 heterocycles. The molecule has 0 aromatic carbocycles. The molecule has 6 nitrogen and oxygen atoms in total. The molecule has 40 heavy (non-hydrogen) atoms. The summed E-state index contributed by atoms with van der Waals surface area (Å²) in [4.78, 5) is 39.5. The average Bonchev–Trinajstić information content (AvgIpc) is 3.52. The molecule has 0 amide bonds. The van der Waals surface area contributed by atoms with Crippen LogP contribution in [0.2, 0.25) is 0 Å². The van der Waals surface area contributed by atoms with Gasteiger partial charge in [-0.05, 0) is 62.0 Å². The summed E-state index contributed by atoms with van der Waals surface area (Å²) in [5.41, 5.74) is -6.78. The van der Waals surface area contributed by atoms with Crippen LogP contribution in [0.5, 0.6) is 0 Å². The molecule has 1 aromatic rings. The van der Waals surface area contributed by atoms with Crippen LogP contribution >= 0.6 is 11.8 Å². The zero-order chi connectivity index (χ0) is 29.1. The number of esters is 1. The maximum absolute atomic E-state index is 17.5. The van der Waals surface area contributed by atoms with Gasteiger partial charge in [-0.3, -0.25) is 9.59 Å². The zero-order valence-electron chi connectivity index (χ0n) is 23.0. The third-order valence-corrected chi connectivity index (χ3v) is 10.9. The molecule has 0 saturated heterocycles. The van der Waals surface area contributed by atoms with Crippen molar-refractivity contribution in [1.82, 2.24) is 0 Å². The molecule has 9 heteroatoms. The molecular formula is C31H34F2O6S. The first-order chi connectivity index (χ1) is 18.9. The van der Waals surface area contributed by atoms with E-state index in [0.717, 1.165) is 17.8 Å². The third-order valence-electron chi connectivity index (χ3n) is 10.0. The van der Waals surface area contributed by atoms with Gasteiger partial charge in [-0.15, -0.1) is 5.92 Å². The lowest BCUT2D eigenvalue weighted by Crippen LogP contribution is -2.70. The highest BCUT2D eigenvalue weighted by Crippen LogP contribution is 2.72. The number of hydrogen-bond donors (Lipinski definition) is 1. The number of hydrogen-bond acceptors (Lipinski definition) is 7. The van der Waals surface area contributed by atoms with E-state index in [4.69, 9.17) is 9.15 Å². The summed E-state index contributed by atoms with van der Waals surface area (Å²) in [6, 6.07) is 2.96. The van der Waals surface area contributed by atoms with E-state index in [9.17, 15) is 19.5 Å². The van der Waals surface area contributed by atoms with E-state index < -0.39 is 69.0 Å². The van der Waals surface area contributed by atoms with Gasteiger partial charge in [0.05, 0.1) is 18.1 Å². The van der Waals surface area contributed by atoms with Crippen LogP contribution in [0.1, 0.15) is 63.9 Å². The molecule has 4 unspecified atom stereocenters. The Hall–Kier alpha value is -2.70. The number of thioether (sulfide) groups is 1. The summed E-state index contributed by atoms with van der Waals surface area (Å²) in [7, 11) is 0. The van der Waals surface area contributed by atoms with Gasteiger partial charge < -0.3 is 14.3 Å². The summed E-state index contributed by atoms with van der Waals surface area (Å²) in [6.45, 7) is 6.95. The third kappa shape index (κ3) is 3.82. The fourth-order valence-electron chi connectivity index (χ4n) is 8.19. The normalized spacial score (nSPS) is 41.6. The van der Waals surface area contributed by atoms with Gasteiger partial charge in [-0.2, -0.15) is 0 Å². The van der Waals surface area contributed by atoms with Crippen molar-refractivity contribution in [2.45, 2.75) is 76.9 Å². The number of allylic oxidation sites excluding steroid dienone is 4. The average molecular weight is 573 g/mol. The van der Waals surface area contributed by atoms with Gasteiger partial charge in [0.2, 0.25) is 10.9 Å². The van der Waals surface area contributed by atoms with E-state index in [1.165, 1.54) is 37.5 Å². The predicted octanol–water partition coefficient (Wildman–Crippen LogP) is 5.41. The van der Waals surface area contributed by atoms with Crippen molar-refractivity contribution in [3.8, 4) is 11.8 Å². The van der Waals surface area contributed by atoms with Crippen LogP contribution in [0.15, 0.2) is 46.6 Å². The first-order valence-corrected chi connectivity index (χ1v) is 14.7. The van der Waals surface area contributed by atoms with Crippen molar-refractivity contribution in [2.75, 3.05) is 5.75 Å². The van der Waals surface area contributed by atoms with Gasteiger partial charge in [0.1, 0.15) is 6.17 Å². The topological polar surface area (TPSA) is 93.8 Å². The minimum absolute atomic E-state index is 0.0316. The highest BCUT2D eigenvalue weighted by atomic mass is 32.2. The van der Waals surface area contributed by atoms with E-state index in [0.29, 0.717) is 6.42 Å². The van der Waals surface area contributed by atoms with Crippen molar-refractivity contribution in [3.05, 3.63) is 48.0 Å². The summed E-state index contributed by atoms with van der Waals surface area (Å²) < 4.78 is 44.7. The van der Waals surface area contributed by atoms with Crippen molar-refractivity contribution < 1.29 is 37.4 Å². The Morgan fingerprint density at radius 2 is 2.00 bits per heavy atom. The number of ketones is 1. The maximum Gasteiger partial charge on any atom is 0.375 e. The number of carbonyl (C=O) groups excluding carboxylic acids is 3. The van der Waals surface area contributed by atoms with Crippen LogP contribution in [0, 0.1) is 40.4 Å². The van der Waals surface area contributed by atoms with E-state index in [1.807, 2.05) is 6.92 Å². The summed E-state index contributed by atoms with van der Waals surface area (Å²) >= 11 is 0.930. The standard InChI is InChI=1S/C31H34F2O6S/c1-5-6-7-13-40-27(37)31(39-26(36)24-9-8-12-38-24)18(2)14-20-21-16-23(32)22-15-19(34)10-11-28(22,3)30(21,33)25(35)17-29(20,31)4/h8-12,15,18,20-21,23,25,35H,5,13-14,16-17H2,1-4H3/t18-,20?,21?,23+,25?,28+,29?,30+,31+/m1/s1. The summed E-state index contributed by atoms with van der Waals surface area (Å²) in [5, 5.41) is 11.2. The summed E-state index contributed by atoms with van der Waals surface area (Å²) in [5.74, 6) is 2.52. The maximum atomic E-state index is 17.5. The second-order valence-corrected chi connectivity index (χ2v) is 12.8. The number of ether oxygens (including phenoxy) is 1. The van der Waals surface area contributed by atoms with Crippen molar-refractivity contribution in [3.63, 3.8) is 0 Å². The molecular weight excluding hydrogens is 538 g/mol. The molecule has 3 saturated carbocycles. The van der Waals surface area contributed by atoms with E-state index in [2.05, 4.69) is 11.8 Å². The molecule has 9 atom stereocenters. The summed E-state index contributed by atoms with van der Waals surface area (Å²) in [6.07, 6.45) is 2.29. The molecule has 5 rings (SSSR count). The number of alkyl halides is 2. The fourth-order valence-corrected chi connectivity index (χ4v) is 9.19. The molecule has 4 aliphatic carbocycles. The lowest BCUT2D eigenvalue weighted by atomic mass is 9.44. The SMILES string of the molecule is CCC#CCSC(=O)[C@@]1(OC(=O)c2ccco2)[C@H](C)CC2C3C[C@H](F)C4=CC(=O)C=C[C@]4(C)[C@@]3(F)C(O)CC21C. The minimum atomic E-state index is -2.30. The van der Waals surface area contributed by atoms with Crippen LogP contribution < -0.4 is 0 Å². The number of fused-ring (bicyclic) bond motifs is 5. The Kier molecular flexibility index (Phi) is 7.19. The monoisotopic (exact) mass is 572 g/mol. The molecule has 0 aliphatic heterocycles. The van der Waals surface area contributed by atoms with Gasteiger partial charge >= 0.3 is 5.97 Å². The second-order valence-electron chi connectivity index (χ2n) is 11.9. The molecule has 0 spiro atoms. The zero-order valence-corrected chi connectivity index (χ0v) is 23.9. The number of halogens is 2. The van der Waals surface area contributed by atoms with Crippen LogP contribution in [0.3, 0.4) is 0 Å². The quantitative estimate of drug-likeness (QED) is 0.381. The van der Waals surface area contributed by atoms with Crippen LogP contribution in [-0.2, 0) is 14.3 Å². The van der Waals surface area contributed by atoms with Crippen LogP contribution in [0.4, 0.5) is 8.78 Å².